The van der Waals surface area contributed by atoms with E-state index in [1.165, 1.54) is 64.9 Å². The summed E-state index contributed by atoms with van der Waals surface area (Å²) in [7, 11) is 1.48. The maximum absolute atomic E-state index is 12.2. The van der Waals surface area contributed by atoms with Crippen molar-refractivity contribution in [3.63, 3.8) is 0 Å². The second-order valence-electron chi connectivity index (χ2n) is 9.12. The van der Waals surface area contributed by atoms with Crippen LogP contribution in [0.2, 0.25) is 0 Å². The molecule has 0 unspecified atom stereocenters. The molecule has 0 saturated carbocycles. The molecule has 6 heteroatoms. The molecule has 0 aromatic heterocycles. The number of amides is 1. The number of ether oxygens (including phenoxy) is 2. The Morgan fingerprint density at radius 3 is 2.11 bits per heavy atom. The molecule has 0 saturated heterocycles. The van der Waals surface area contributed by atoms with Gasteiger partial charge in [0.05, 0.1) is 18.0 Å². The number of carbonyl (C=O) groups is 2. The normalized spacial score (nSPS) is 11.1. The third-order valence-electron chi connectivity index (χ3n) is 5.84. The van der Waals surface area contributed by atoms with Gasteiger partial charge in [0, 0.05) is 25.8 Å². The Morgan fingerprint density at radius 1 is 0.829 bits per heavy atom. The summed E-state index contributed by atoms with van der Waals surface area (Å²) in [5.41, 5.74) is 1.29. The average Bonchev–Trinajstić information content (AvgIpc) is 2.84. The van der Waals surface area contributed by atoms with Crippen molar-refractivity contribution >= 4 is 23.1 Å². The summed E-state index contributed by atoms with van der Waals surface area (Å²) in [5.74, 6) is 0.563. The molecule has 198 valence electrons. The predicted octanol–water partition coefficient (Wildman–Crippen LogP) is 7.65. The van der Waals surface area contributed by atoms with E-state index < -0.39 is 0 Å². The summed E-state index contributed by atoms with van der Waals surface area (Å²) < 4.78 is 10.8. The molecule has 2 N–H and O–H groups in total. The number of hydrogen-bond acceptors (Lipinski definition) is 5. The molecule has 0 aliphatic carbocycles. The largest absolute Gasteiger partial charge is 0.494 e. The van der Waals surface area contributed by atoms with Gasteiger partial charge in [-0.2, -0.15) is 0 Å². The smallest absolute Gasteiger partial charge is 0.250 e. The summed E-state index contributed by atoms with van der Waals surface area (Å²) in [6.45, 7) is 5.05. The van der Waals surface area contributed by atoms with E-state index >= 15 is 0 Å². The Balaban J connectivity index is 2.53. The molecule has 0 aliphatic rings. The summed E-state index contributed by atoms with van der Waals surface area (Å²) in [6, 6.07) is 5.53. The number of anilines is 2. The summed E-state index contributed by atoms with van der Waals surface area (Å²) >= 11 is 0. The second-order valence-corrected chi connectivity index (χ2v) is 9.12. The highest BCUT2D eigenvalue weighted by atomic mass is 16.5. The lowest BCUT2D eigenvalue weighted by Gasteiger charge is -2.14. The number of unbranched alkanes of at least 4 members (excludes halogenated alkanes) is 11. The molecule has 6 nitrogen and oxygen atoms in total. The molecule has 0 bridgehead atoms. The van der Waals surface area contributed by atoms with Crippen LogP contribution in [0, 0.1) is 0 Å². The van der Waals surface area contributed by atoms with E-state index in [4.69, 9.17) is 9.47 Å². The van der Waals surface area contributed by atoms with Gasteiger partial charge in [-0.25, -0.2) is 0 Å². The number of nitrogens with one attached hydrogen (secondary N) is 2. The van der Waals surface area contributed by atoms with E-state index in [-0.39, 0.29) is 18.3 Å². The number of rotatable bonds is 22. The highest BCUT2D eigenvalue weighted by Gasteiger charge is 2.09. The van der Waals surface area contributed by atoms with Crippen molar-refractivity contribution in [2.75, 3.05) is 31.0 Å². The third kappa shape index (κ3) is 16.0. The topological polar surface area (TPSA) is 76.7 Å². The molecule has 1 rings (SSSR count). The zero-order valence-corrected chi connectivity index (χ0v) is 22.3. The van der Waals surface area contributed by atoms with E-state index in [1.54, 1.807) is 18.3 Å². The molecular formula is C29H48N2O4. The van der Waals surface area contributed by atoms with E-state index in [2.05, 4.69) is 24.5 Å². The summed E-state index contributed by atoms with van der Waals surface area (Å²) in [5, 5.41) is 5.98. The Bertz CT molecular complexity index is 733. The van der Waals surface area contributed by atoms with Crippen LogP contribution in [0.5, 0.6) is 5.75 Å². The minimum Gasteiger partial charge on any atom is -0.494 e. The standard InChI is InChI=1S/C29H48N2O4/c1-4-6-8-10-12-13-15-17-25(32)20-21-30-27-19-18-26(23-28(27)31-29(33)24-34-3)35-22-16-14-11-9-7-5-2/h18-21,23,30H,4-17,22,24H2,1-3H3,(H,31,33)/b21-20+. The van der Waals surface area contributed by atoms with Gasteiger partial charge in [0.2, 0.25) is 5.91 Å². The monoisotopic (exact) mass is 488 g/mol. The van der Waals surface area contributed by atoms with Crippen LogP contribution in [0.25, 0.3) is 0 Å². The van der Waals surface area contributed by atoms with Crippen molar-refractivity contribution in [2.45, 2.75) is 104 Å². The minimum absolute atomic E-state index is 0.0327. The molecule has 1 aromatic rings. The van der Waals surface area contributed by atoms with Gasteiger partial charge in [-0.1, -0.05) is 84.5 Å². The Morgan fingerprint density at radius 2 is 1.46 bits per heavy atom. The van der Waals surface area contributed by atoms with E-state index in [1.807, 2.05) is 12.1 Å². The van der Waals surface area contributed by atoms with Gasteiger partial charge < -0.3 is 20.1 Å². The fraction of sp³-hybridized carbons (Fsp3) is 0.655. The van der Waals surface area contributed by atoms with Crippen molar-refractivity contribution in [1.29, 1.82) is 0 Å². The molecule has 1 aromatic carbocycles. The molecule has 0 fully saturated rings. The first-order valence-electron chi connectivity index (χ1n) is 13.6. The lowest BCUT2D eigenvalue weighted by atomic mass is 10.1. The zero-order valence-electron chi connectivity index (χ0n) is 22.3. The van der Waals surface area contributed by atoms with Crippen LogP contribution >= 0.6 is 0 Å². The van der Waals surface area contributed by atoms with E-state index in [0.29, 0.717) is 30.2 Å². The zero-order chi connectivity index (χ0) is 25.6. The molecular weight excluding hydrogens is 440 g/mol. The fourth-order valence-electron chi connectivity index (χ4n) is 3.80. The number of methoxy groups -OCH3 is 1. The van der Waals surface area contributed by atoms with E-state index in [0.717, 1.165) is 25.7 Å². The van der Waals surface area contributed by atoms with Crippen LogP contribution in [0.3, 0.4) is 0 Å². The minimum atomic E-state index is -0.248. The molecule has 0 atom stereocenters. The van der Waals surface area contributed by atoms with Crippen LogP contribution in [-0.4, -0.2) is 32.0 Å². The van der Waals surface area contributed by atoms with Gasteiger partial charge in [0.1, 0.15) is 12.4 Å². The number of allylic oxidation sites excluding steroid dienone is 1. The average molecular weight is 489 g/mol. The van der Waals surface area contributed by atoms with Crippen LogP contribution in [0.1, 0.15) is 104 Å². The van der Waals surface area contributed by atoms with Crippen LogP contribution in [-0.2, 0) is 14.3 Å². The Kier molecular flexibility index (Phi) is 18.4. The van der Waals surface area contributed by atoms with Gasteiger partial charge in [-0.3, -0.25) is 9.59 Å². The highest BCUT2D eigenvalue weighted by molar-refractivity contribution is 5.95. The van der Waals surface area contributed by atoms with Crippen molar-refractivity contribution in [3.8, 4) is 5.75 Å². The summed E-state index contributed by atoms with van der Waals surface area (Å²) in [6.07, 6.45) is 19.3. The Labute approximate surface area is 213 Å². The number of benzene rings is 1. The van der Waals surface area contributed by atoms with Gasteiger partial charge >= 0.3 is 0 Å². The number of hydrogen-bond donors (Lipinski definition) is 2. The van der Waals surface area contributed by atoms with Crippen molar-refractivity contribution < 1.29 is 19.1 Å². The first-order chi connectivity index (χ1) is 17.1. The molecule has 0 radical (unpaired) electrons. The lowest BCUT2D eigenvalue weighted by molar-refractivity contribution is -0.119. The van der Waals surface area contributed by atoms with E-state index in [9.17, 15) is 9.59 Å². The molecule has 0 heterocycles. The van der Waals surface area contributed by atoms with Gasteiger partial charge in [-0.05, 0) is 31.1 Å². The first kappa shape index (κ1) is 30.7. The second kappa shape index (κ2) is 21.0. The molecule has 0 spiro atoms. The number of ketones is 1. The Hall–Kier alpha value is -2.34. The fourth-order valence-corrected chi connectivity index (χ4v) is 3.80. The SMILES string of the molecule is CCCCCCCCCC(=O)/C=C/Nc1ccc(OCCCCCCCC)cc1NC(=O)COC. The quantitative estimate of drug-likeness (QED) is 0.129. The maximum atomic E-state index is 12.2. The van der Waals surface area contributed by atoms with Crippen molar-refractivity contribution in [1.82, 2.24) is 0 Å². The first-order valence-corrected chi connectivity index (χ1v) is 13.6. The molecule has 35 heavy (non-hydrogen) atoms. The van der Waals surface area contributed by atoms with Crippen LogP contribution in [0.15, 0.2) is 30.5 Å². The third-order valence-corrected chi connectivity index (χ3v) is 5.84. The van der Waals surface area contributed by atoms with Gasteiger partial charge in [0.15, 0.2) is 5.78 Å². The van der Waals surface area contributed by atoms with Crippen LogP contribution in [0.4, 0.5) is 11.4 Å². The molecule has 0 aliphatic heterocycles. The predicted molar refractivity (Wildman–Crippen MR) is 146 cm³/mol. The van der Waals surface area contributed by atoms with Crippen molar-refractivity contribution in [2.24, 2.45) is 0 Å². The van der Waals surface area contributed by atoms with Gasteiger partial charge in [0.25, 0.3) is 0 Å². The molecule has 1 amide bonds. The highest BCUT2D eigenvalue weighted by Crippen LogP contribution is 2.27. The number of carbonyl (C=O) groups excluding carboxylic acids is 2. The lowest BCUT2D eigenvalue weighted by Crippen LogP contribution is -2.18. The summed E-state index contributed by atoms with van der Waals surface area (Å²) in [4.78, 5) is 24.3. The van der Waals surface area contributed by atoms with Gasteiger partial charge in [-0.15, -0.1) is 0 Å². The maximum Gasteiger partial charge on any atom is 0.250 e. The van der Waals surface area contributed by atoms with Crippen molar-refractivity contribution in [3.05, 3.63) is 30.5 Å². The van der Waals surface area contributed by atoms with Crippen LogP contribution < -0.4 is 15.4 Å².